The van der Waals surface area contributed by atoms with Crippen LogP contribution in [0.1, 0.15) is 11.1 Å². The highest BCUT2D eigenvalue weighted by molar-refractivity contribution is 5.75. The van der Waals surface area contributed by atoms with E-state index in [0.29, 0.717) is 24.4 Å². The molecule has 0 radical (unpaired) electrons. The molecule has 1 heterocycles. The normalized spacial score (nSPS) is 10.6. The van der Waals surface area contributed by atoms with Crippen molar-refractivity contribution >= 4 is 5.91 Å². The van der Waals surface area contributed by atoms with Crippen LogP contribution in [0.25, 0.3) is 11.3 Å². The number of carbonyl (C=O) groups is 1. The van der Waals surface area contributed by atoms with Crippen LogP contribution >= 0.6 is 0 Å². The minimum absolute atomic E-state index is 0.140. The van der Waals surface area contributed by atoms with Crippen molar-refractivity contribution in [3.63, 3.8) is 0 Å². The molecular formula is C22H22FN3O3. The second-order valence-corrected chi connectivity index (χ2v) is 6.77. The molecule has 3 aromatic rings. The first-order valence-corrected chi connectivity index (χ1v) is 9.21. The van der Waals surface area contributed by atoms with Crippen molar-refractivity contribution in [2.45, 2.75) is 20.4 Å². The molecule has 29 heavy (non-hydrogen) atoms. The SMILES string of the molecule is Cc1cc(C)cc(OCCNC(=O)Cn2cnc(-c3ccc(F)cc3)cc2=O)c1. The predicted octanol–water partition coefficient (Wildman–Crippen LogP) is 2.86. The number of carbonyl (C=O) groups excluding carboxylic acids is 1. The van der Waals surface area contributed by atoms with E-state index in [-0.39, 0.29) is 23.8 Å². The number of nitrogens with zero attached hydrogens (tertiary/aromatic N) is 2. The second-order valence-electron chi connectivity index (χ2n) is 6.77. The molecule has 7 heteroatoms. The largest absolute Gasteiger partial charge is 0.492 e. The highest BCUT2D eigenvalue weighted by Crippen LogP contribution is 2.16. The Kier molecular flexibility index (Phi) is 6.39. The quantitative estimate of drug-likeness (QED) is 0.625. The van der Waals surface area contributed by atoms with Gasteiger partial charge in [0.15, 0.2) is 0 Å². The number of hydrogen-bond donors (Lipinski definition) is 1. The van der Waals surface area contributed by atoms with Gasteiger partial charge in [0.1, 0.15) is 24.7 Å². The Balaban J connectivity index is 1.51. The summed E-state index contributed by atoms with van der Waals surface area (Å²) in [5, 5.41) is 2.72. The van der Waals surface area contributed by atoms with Gasteiger partial charge in [-0.25, -0.2) is 9.37 Å². The molecule has 0 saturated carbocycles. The molecule has 1 aromatic heterocycles. The Morgan fingerprint density at radius 1 is 1.10 bits per heavy atom. The molecule has 6 nitrogen and oxygen atoms in total. The van der Waals surface area contributed by atoms with E-state index in [1.54, 1.807) is 12.1 Å². The van der Waals surface area contributed by atoms with Crippen molar-refractivity contribution in [1.82, 2.24) is 14.9 Å². The van der Waals surface area contributed by atoms with Crippen LogP contribution in [0.15, 0.2) is 59.7 Å². The van der Waals surface area contributed by atoms with Gasteiger partial charge < -0.3 is 10.1 Å². The fourth-order valence-electron chi connectivity index (χ4n) is 2.91. The Labute approximate surface area is 168 Å². The lowest BCUT2D eigenvalue weighted by molar-refractivity contribution is -0.121. The van der Waals surface area contributed by atoms with E-state index in [1.165, 1.54) is 29.1 Å². The van der Waals surface area contributed by atoms with Crippen molar-refractivity contribution in [3.05, 3.63) is 82.2 Å². The van der Waals surface area contributed by atoms with Crippen molar-refractivity contribution < 1.29 is 13.9 Å². The van der Waals surface area contributed by atoms with Crippen LogP contribution in [0.5, 0.6) is 5.75 Å². The fourth-order valence-corrected chi connectivity index (χ4v) is 2.91. The van der Waals surface area contributed by atoms with Gasteiger partial charge in [-0.3, -0.25) is 14.2 Å². The molecule has 0 fully saturated rings. The predicted molar refractivity (Wildman–Crippen MR) is 108 cm³/mol. The third-order valence-corrected chi connectivity index (χ3v) is 4.22. The number of rotatable bonds is 7. The van der Waals surface area contributed by atoms with Gasteiger partial charge in [-0.2, -0.15) is 0 Å². The highest BCUT2D eigenvalue weighted by Gasteiger charge is 2.07. The Bertz CT molecular complexity index is 1040. The van der Waals surface area contributed by atoms with Crippen LogP contribution in [-0.2, 0) is 11.3 Å². The second kappa shape index (κ2) is 9.14. The molecule has 1 N–H and O–H groups in total. The number of hydrogen-bond acceptors (Lipinski definition) is 4. The first-order chi connectivity index (χ1) is 13.9. The molecule has 0 aliphatic heterocycles. The van der Waals surface area contributed by atoms with Crippen LogP contribution < -0.4 is 15.6 Å². The van der Waals surface area contributed by atoms with Crippen molar-refractivity contribution in [3.8, 4) is 17.0 Å². The number of halogens is 1. The Hall–Kier alpha value is -3.48. The van der Waals surface area contributed by atoms with Gasteiger partial charge in [0.2, 0.25) is 5.91 Å². The third kappa shape index (κ3) is 5.75. The maximum atomic E-state index is 13.0. The molecule has 0 aliphatic rings. The van der Waals surface area contributed by atoms with Gasteiger partial charge >= 0.3 is 0 Å². The van der Waals surface area contributed by atoms with Gasteiger partial charge in [0, 0.05) is 11.6 Å². The van der Waals surface area contributed by atoms with Crippen molar-refractivity contribution in [2.24, 2.45) is 0 Å². The summed E-state index contributed by atoms with van der Waals surface area (Å²) < 4.78 is 19.9. The van der Waals surface area contributed by atoms with Gasteiger partial charge in [-0.05, 0) is 61.4 Å². The number of ether oxygens (including phenoxy) is 1. The third-order valence-electron chi connectivity index (χ3n) is 4.22. The minimum Gasteiger partial charge on any atom is -0.492 e. The van der Waals surface area contributed by atoms with E-state index in [0.717, 1.165) is 16.9 Å². The van der Waals surface area contributed by atoms with E-state index in [9.17, 15) is 14.0 Å². The van der Waals surface area contributed by atoms with E-state index in [1.807, 2.05) is 26.0 Å². The lowest BCUT2D eigenvalue weighted by Gasteiger charge is -2.10. The minimum atomic E-state index is -0.361. The average molecular weight is 395 g/mol. The van der Waals surface area contributed by atoms with Crippen LogP contribution in [0.4, 0.5) is 4.39 Å². The molecule has 0 saturated heterocycles. The smallest absolute Gasteiger partial charge is 0.254 e. The first kappa shape index (κ1) is 20.3. The molecule has 2 aromatic carbocycles. The average Bonchev–Trinajstić information content (AvgIpc) is 2.67. The van der Waals surface area contributed by atoms with Crippen molar-refractivity contribution in [1.29, 1.82) is 0 Å². The first-order valence-electron chi connectivity index (χ1n) is 9.21. The lowest BCUT2D eigenvalue weighted by atomic mass is 10.1. The maximum absolute atomic E-state index is 13.0. The zero-order valence-corrected chi connectivity index (χ0v) is 16.3. The number of aromatic nitrogens is 2. The number of aryl methyl sites for hydroxylation is 2. The summed E-state index contributed by atoms with van der Waals surface area (Å²) in [7, 11) is 0. The molecule has 0 aliphatic carbocycles. The highest BCUT2D eigenvalue weighted by atomic mass is 19.1. The molecular weight excluding hydrogens is 373 g/mol. The van der Waals surface area contributed by atoms with E-state index < -0.39 is 0 Å². The van der Waals surface area contributed by atoms with Crippen LogP contribution in [-0.4, -0.2) is 28.6 Å². The number of benzene rings is 2. The Morgan fingerprint density at radius 3 is 2.45 bits per heavy atom. The van der Waals surface area contributed by atoms with E-state index in [4.69, 9.17) is 4.74 Å². The van der Waals surface area contributed by atoms with E-state index in [2.05, 4.69) is 16.4 Å². The van der Waals surface area contributed by atoms with Crippen LogP contribution in [0.3, 0.4) is 0 Å². The molecule has 1 amide bonds. The number of nitrogens with one attached hydrogen (secondary N) is 1. The summed E-state index contributed by atoms with van der Waals surface area (Å²) in [4.78, 5) is 28.5. The molecule has 3 rings (SSSR count). The van der Waals surface area contributed by atoms with Gasteiger partial charge in [-0.1, -0.05) is 6.07 Å². The topological polar surface area (TPSA) is 73.2 Å². The van der Waals surface area contributed by atoms with Crippen LogP contribution in [0, 0.1) is 19.7 Å². The van der Waals surface area contributed by atoms with Gasteiger partial charge in [0.05, 0.1) is 18.6 Å². The maximum Gasteiger partial charge on any atom is 0.254 e. The van der Waals surface area contributed by atoms with Gasteiger partial charge in [-0.15, -0.1) is 0 Å². The number of amides is 1. The summed E-state index contributed by atoms with van der Waals surface area (Å²) in [5.41, 5.74) is 2.91. The summed E-state index contributed by atoms with van der Waals surface area (Å²) >= 11 is 0. The van der Waals surface area contributed by atoms with Crippen molar-refractivity contribution in [2.75, 3.05) is 13.2 Å². The summed E-state index contributed by atoms with van der Waals surface area (Å²) in [6, 6.07) is 12.9. The molecule has 0 spiro atoms. The molecule has 0 unspecified atom stereocenters. The zero-order chi connectivity index (χ0) is 20.8. The van der Waals surface area contributed by atoms with E-state index >= 15 is 0 Å². The fraction of sp³-hybridized carbons (Fsp3) is 0.227. The molecule has 0 atom stereocenters. The monoisotopic (exact) mass is 395 g/mol. The van der Waals surface area contributed by atoms with Crippen LogP contribution in [0.2, 0.25) is 0 Å². The summed E-state index contributed by atoms with van der Waals surface area (Å²) in [5.74, 6) is 0.0845. The molecule has 150 valence electrons. The summed E-state index contributed by atoms with van der Waals surface area (Å²) in [6.07, 6.45) is 1.31. The Morgan fingerprint density at radius 2 is 1.79 bits per heavy atom. The zero-order valence-electron chi connectivity index (χ0n) is 16.3. The lowest BCUT2D eigenvalue weighted by Crippen LogP contribution is -2.34. The molecule has 0 bridgehead atoms. The standard InChI is InChI=1S/C22H22FN3O3/c1-15-9-16(2)11-19(10-15)29-8-7-24-21(27)13-26-14-25-20(12-22(26)28)17-3-5-18(23)6-4-17/h3-6,9-12,14H,7-8,13H2,1-2H3,(H,24,27). The summed E-state index contributed by atoms with van der Waals surface area (Å²) in [6.45, 7) is 4.50. The van der Waals surface area contributed by atoms with Gasteiger partial charge in [0.25, 0.3) is 5.56 Å².